The molecule has 328 valence electrons. The van der Waals surface area contributed by atoms with Gasteiger partial charge in [-0.3, -0.25) is 9.59 Å². The second-order valence-corrected chi connectivity index (χ2v) is 20.1. The summed E-state index contributed by atoms with van der Waals surface area (Å²) in [4.78, 5) is 31.7. The number of methoxy groups -OCH3 is 2. The Labute approximate surface area is 369 Å². The largest absolute Gasteiger partial charge is 0.493 e. The first-order valence-corrected chi connectivity index (χ1v) is 23.1. The summed E-state index contributed by atoms with van der Waals surface area (Å²) in [5.41, 5.74) is 5.70. The summed E-state index contributed by atoms with van der Waals surface area (Å²) in [7, 11) is 3.22. The lowest BCUT2D eigenvalue weighted by atomic mass is 9.45. The lowest BCUT2D eigenvalue weighted by Gasteiger charge is -2.61. The molecule has 1 amide bonds. The van der Waals surface area contributed by atoms with Crippen molar-refractivity contribution in [3.05, 3.63) is 130 Å². The van der Waals surface area contributed by atoms with Crippen molar-refractivity contribution in [2.24, 2.45) is 28.6 Å². The van der Waals surface area contributed by atoms with Crippen LogP contribution in [0.25, 0.3) is 11.1 Å². The third-order valence-corrected chi connectivity index (χ3v) is 16.2. The van der Waals surface area contributed by atoms with E-state index in [-0.39, 0.29) is 36.0 Å². The molecule has 0 radical (unpaired) electrons. The van der Waals surface area contributed by atoms with Gasteiger partial charge >= 0.3 is 0 Å². The number of nitrogens with zero attached hydrogens (tertiary/aromatic N) is 1. The van der Waals surface area contributed by atoms with Crippen LogP contribution in [0.2, 0.25) is 0 Å². The van der Waals surface area contributed by atoms with Crippen LogP contribution < -0.4 is 9.47 Å². The highest BCUT2D eigenvalue weighted by molar-refractivity contribution is 6.10. The van der Waals surface area contributed by atoms with E-state index < -0.39 is 17.1 Å². The van der Waals surface area contributed by atoms with Crippen LogP contribution in [0.5, 0.6) is 11.5 Å². The number of rotatable bonds is 11. The minimum absolute atomic E-state index is 0.00584. The number of ether oxygens (including phenoxy) is 2. The molecule has 4 bridgehead atoms. The highest BCUT2D eigenvalue weighted by Gasteiger charge is 2.59. The number of ketones is 1. The molecule has 62 heavy (non-hydrogen) atoms. The predicted molar refractivity (Wildman–Crippen MR) is 247 cm³/mol. The van der Waals surface area contributed by atoms with E-state index in [1.54, 1.807) is 14.2 Å². The smallest absolute Gasteiger partial charge is 0.227 e. The SMILES string of the molecule is COc1ccc(CC(=O)N(CC2CCC3CC2C3(C)C)CC2(O)CCC3c4ccc(cc4C(=O)c4ccc(-c5ccccc5)cc4)CC(O)CCC(C)=CCCC32C)cc1OC. The van der Waals surface area contributed by atoms with Gasteiger partial charge < -0.3 is 24.6 Å². The molecule has 4 saturated carbocycles. The molecule has 7 atom stereocenters. The fourth-order valence-electron chi connectivity index (χ4n) is 12.1. The average Bonchev–Trinajstić information content (AvgIpc) is 3.53. The molecule has 2 N–H and O–H groups in total. The van der Waals surface area contributed by atoms with E-state index in [1.807, 2.05) is 71.6 Å². The Morgan fingerprint density at radius 3 is 2.27 bits per heavy atom. The summed E-state index contributed by atoms with van der Waals surface area (Å²) < 4.78 is 11.1. The third kappa shape index (κ3) is 8.52. The van der Waals surface area contributed by atoms with E-state index in [0.29, 0.717) is 73.1 Å². The lowest BCUT2D eigenvalue weighted by Crippen LogP contribution is -2.58. The molecule has 4 aromatic carbocycles. The van der Waals surface area contributed by atoms with Crippen molar-refractivity contribution >= 4 is 11.7 Å². The van der Waals surface area contributed by atoms with Crippen LogP contribution in [0, 0.1) is 28.6 Å². The van der Waals surface area contributed by atoms with Gasteiger partial charge in [0.1, 0.15) is 0 Å². The minimum atomic E-state index is -1.22. The number of benzene rings is 4. The van der Waals surface area contributed by atoms with Crippen LogP contribution in [0.3, 0.4) is 0 Å². The third-order valence-electron chi connectivity index (χ3n) is 16.2. The molecule has 7 unspecified atom stereocenters. The van der Waals surface area contributed by atoms with Crippen LogP contribution in [0.1, 0.15) is 124 Å². The van der Waals surface area contributed by atoms with Crippen LogP contribution in [-0.4, -0.2) is 65.8 Å². The van der Waals surface area contributed by atoms with Gasteiger partial charge in [-0.1, -0.05) is 105 Å². The van der Waals surface area contributed by atoms with Gasteiger partial charge in [0.2, 0.25) is 5.91 Å². The highest BCUT2D eigenvalue weighted by Crippen LogP contribution is 2.62. The van der Waals surface area contributed by atoms with E-state index in [9.17, 15) is 19.8 Å². The van der Waals surface area contributed by atoms with Crippen LogP contribution in [-0.2, 0) is 17.6 Å². The molecule has 4 fully saturated rings. The molecule has 0 aromatic heterocycles. The van der Waals surface area contributed by atoms with Crippen molar-refractivity contribution in [3.8, 4) is 22.6 Å². The highest BCUT2D eigenvalue weighted by atomic mass is 16.5. The number of carbonyl (C=O) groups excluding carboxylic acids is 2. The standard InChI is InChI=1S/C55H67NO6/c1-36-11-10-27-54(4)47(45-24-15-37(29-44(57)23-14-36)30-46(45)52(59)41-19-17-40(18-20-41)39-12-8-7-9-13-39)26-28-55(54,60)35-56(34-42-21-22-43-33-48(42)53(43,2)3)51(58)32-38-16-25-49(61-5)50(31-38)62-6/h7-9,11-13,15-20,24-25,30-31,42-44,47-48,57,60H,10,14,21-23,26-29,32-35H2,1-6H3. The number of amides is 1. The van der Waals surface area contributed by atoms with E-state index in [2.05, 4.69) is 58.0 Å². The molecular weight excluding hydrogens is 771 g/mol. The number of fused-ring (bicyclic) bond motifs is 10. The monoisotopic (exact) mass is 837 g/mol. The van der Waals surface area contributed by atoms with Gasteiger partial charge in [0, 0.05) is 29.6 Å². The summed E-state index contributed by atoms with van der Waals surface area (Å²) in [5, 5.41) is 24.6. The van der Waals surface area contributed by atoms with Gasteiger partial charge in [-0.25, -0.2) is 0 Å². The molecule has 6 aliphatic rings. The zero-order valence-electron chi connectivity index (χ0n) is 37.8. The number of hydrogen-bond donors (Lipinski definition) is 2. The molecule has 4 aromatic rings. The van der Waals surface area contributed by atoms with Crippen molar-refractivity contribution < 1.29 is 29.3 Å². The summed E-state index contributed by atoms with van der Waals surface area (Å²) in [6.07, 6.45) is 9.94. The Kier molecular flexibility index (Phi) is 12.6. The number of allylic oxidation sites excluding steroid dienone is 2. The second-order valence-electron chi connectivity index (χ2n) is 20.1. The van der Waals surface area contributed by atoms with Gasteiger partial charge in [0.05, 0.1) is 32.3 Å². The van der Waals surface area contributed by atoms with Crippen molar-refractivity contribution in [1.82, 2.24) is 4.90 Å². The zero-order valence-corrected chi connectivity index (χ0v) is 37.8. The predicted octanol–water partition coefficient (Wildman–Crippen LogP) is 10.8. The topological polar surface area (TPSA) is 96.3 Å². The van der Waals surface area contributed by atoms with E-state index in [4.69, 9.17) is 9.47 Å². The second kappa shape index (κ2) is 17.8. The molecule has 0 aliphatic heterocycles. The number of aliphatic hydroxyl groups is 2. The Hall–Kier alpha value is -4.72. The molecule has 10 rings (SSSR count). The summed E-state index contributed by atoms with van der Waals surface area (Å²) in [6.45, 7) is 10.0. The van der Waals surface area contributed by atoms with Crippen molar-refractivity contribution in [2.75, 3.05) is 27.3 Å². The van der Waals surface area contributed by atoms with Gasteiger partial charge in [0.15, 0.2) is 17.3 Å². The summed E-state index contributed by atoms with van der Waals surface area (Å²) in [6, 6.07) is 29.9. The first-order chi connectivity index (χ1) is 29.7. The van der Waals surface area contributed by atoms with Crippen LogP contribution >= 0.6 is 0 Å². The van der Waals surface area contributed by atoms with Crippen molar-refractivity contribution in [3.63, 3.8) is 0 Å². The summed E-state index contributed by atoms with van der Waals surface area (Å²) in [5.74, 6) is 2.68. The number of aliphatic hydroxyl groups excluding tert-OH is 1. The van der Waals surface area contributed by atoms with Crippen molar-refractivity contribution in [2.45, 2.75) is 116 Å². The first-order valence-electron chi connectivity index (χ1n) is 23.1. The van der Waals surface area contributed by atoms with Gasteiger partial charge in [0.25, 0.3) is 0 Å². The maximum absolute atomic E-state index is 14.9. The Bertz CT molecular complexity index is 2280. The van der Waals surface area contributed by atoms with E-state index >= 15 is 0 Å². The Morgan fingerprint density at radius 2 is 1.56 bits per heavy atom. The molecule has 7 nitrogen and oxygen atoms in total. The molecular formula is C55H67NO6. The van der Waals surface area contributed by atoms with Crippen LogP contribution in [0.15, 0.2) is 103 Å². The fraction of sp³-hybridized carbons (Fsp3) is 0.491. The quantitative estimate of drug-likeness (QED) is 0.115. The molecule has 0 spiro atoms. The number of carbonyl (C=O) groups is 2. The van der Waals surface area contributed by atoms with Gasteiger partial charge in [-0.15, -0.1) is 0 Å². The Balaban J connectivity index is 1.16. The first kappa shape index (κ1) is 43.9. The summed E-state index contributed by atoms with van der Waals surface area (Å²) >= 11 is 0. The number of hydrogen-bond acceptors (Lipinski definition) is 6. The lowest BCUT2D eigenvalue weighted by molar-refractivity contribution is -0.149. The molecule has 7 heteroatoms. The molecule has 6 aliphatic carbocycles. The average molecular weight is 838 g/mol. The Morgan fingerprint density at radius 1 is 0.823 bits per heavy atom. The molecule has 0 saturated heterocycles. The van der Waals surface area contributed by atoms with E-state index in [1.165, 1.54) is 18.4 Å². The van der Waals surface area contributed by atoms with Gasteiger partial charge in [-0.2, -0.15) is 0 Å². The van der Waals surface area contributed by atoms with Gasteiger partial charge in [-0.05, 0) is 146 Å². The van der Waals surface area contributed by atoms with Crippen LogP contribution in [0.4, 0.5) is 0 Å². The van der Waals surface area contributed by atoms with E-state index in [0.717, 1.165) is 53.0 Å². The zero-order chi connectivity index (χ0) is 43.8. The maximum atomic E-state index is 14.9. The fourth-order valence-corrected chi connectivity index (χ4v) is 12.1. The maximum Gasteiger partial charge on any atom is 0.227 e. The normalized spacial score (nSPS) is 27.9. The minimum Gasteiger partial charge on any atom is -0.493 e. The van der Waals surface area contributed by atoms with Crippen molar-refractivity contribution in [1.29, 1.82) is 0 Å². The molecule has 0 heterocycles.